The highest BCUT2D eigenvalue weighted by atomic mass is 16.3. The lowest BCUT2D eigenvalue weighted by Crippen LogP contribution is -2.52. The molecule has 1 N–H and O–H groups in total. The van der Waals surface area contributed by atoms with E-state index < -0.39 is 0 Å². The third kappa shape index (κ3) is 3.81. The van der Waals surface area contributed by atoms with E-state index in [2.05, 4.69) is 9.97 Å². The maximum absolute atomic E-state index is 12.7. The second-order valence-corrected chi connectivity index (χ2v) is 7.27. The molecule has 7 nitrogen and oxygen atoms in total. The highest BCUT2D eigenvalue weighted by molar-refractivity contribution is 5.92. The fourth-order valence-electron chi connectivity index (χ4n) is 4.01. The molecule has 2 fully saturated rings. The van der Waals surface area contributed by atoms with Gasteiger partial charge in [0.05, 0.1) is 6.61 Å². The Bertz CT molecular complexity index is 648. The van der Waals surface area contributed by atoms with Crippen LogP contribution in [0.4, 0.5) is 0 Å². The molecule has 0 aromatic carbocycles. The topological polar surface area (TPSA) is 86.6 Å². The van der Waals surface area contributed by atoms with Crippen molar-refractivity contribution in [2.24, 2.45) is 5.41 Å². The molecule has 1 aromatic heterocycles. The van der Waals surface area contributed by atoms with Gasteiger partial charge < -0.3 is 14.9 Å². The number of hydrogen-bond acceptors (Lipinski definition) is 5. The zero-order valence-corrected chi connectivity index (χ0v) is 15.0. The summed E-state index contributed by atoms with van der Waals surface area (Å²) in [6, 6.07) is 1.74. The summed E-state index contributed by atoms with van der Waals surface area (Å²) in [4.78, 5) is 36.8. The van der Waals surface area contributed by atoms with E-state index in [1.54, 1.807) is 17.9 Å². The van der Waals surface area contributed by atoms with E-state index in [1.165, 1.54) is 0 Å². The Labute approximate surface area is 148 Å². The summed E-state index contributed by atoms with van der Waals surface area (Å²) in [6.07, 6.45) is 3.19. The number of rotatable bonds is 3. The van der Waals surface area contributed by atoms with Crippen LogP contribution < -0.4 is 0 Å². The van der Waals surface area contributed by atoms with E-state index in [0.29, 0.717) is 44.1 Å². The molecular formula is C18H26N4O3. The Balaban J connectivity index is 1.65. The number of aromatic nitrogens is 2. The Morgan fingerprint density at radius 1 is 1.24 bits per heavy atom. The summed E-state index contributed by atoms with van der Waals surface area (Å²) < 4.78 is 0. The first-order valence-corrected chi connectivity index (χ1v) is 8.93. The van der Waals surface area contributed by atoms with E-state index in [1.807, 2.05) is 11.8 Å². The van der Waals surface area contributed by atoms with Crippen molar-refractivity contribution in [3.05, 3.63) is 23.3 Å². The summed E-state index contributed by atoms with van der Waals surface area (Å²) in [5.74, 6) is 0.704. The molecule has 0 atom stereocenters. The lowest BCUT2D eigenvalue weighted by molar-refractivity contribution is -0.139. The fourth-order valence-corrected chi connectivity index (χ4v) is 4.01. The third-order valence-electron chi connectivity index (χ3n) is 5.41. The molecule has 3 heterocycles. The lowest BCUT2D eigenvalue weighted by Gasteiger charge is -2.47. The van der Waals surface area contributed by atoms with Crippen LogP contribution in [0, 0.1) is 19.3 Å². The summed E-state index contributed by atoms with van der Waals surface area (Å²) in [6.45, 7) is 6.13. The number of likely N-dealkylation sites (tertiary alicyclic amines) is 2. The van der Waals surface area contributed by atoms with Gasteiger partial charge in [-0.25, -0.2) is 9.97 Å². The number of hydrogen-bond donors (Lipinski definition) is 1. The van der Waals surface area contributed by atoms with E-state index in [0.717, 1.165) is 25.0 Å². The summed E-state index contributed by atoms with van der Waals surface area (Å²) in [7, 11) is 0. The largest absolute Gasteiger partial charge is 0.395 e. The average molecular weight is 346 g/mol. The Hall–Kier alpha value is -2.02. The Morgan fingerprint density at radius 3 is 2.60 bits per heavy atom. The predicted molar refractivity (Wildman–Crippen MR) is 92.0 cm³/mol. The van der Waals surface area contributed by atoms with Crippen molar-refractivity contribution in [2.45, 2.75) is 39.5 Å². The maximum Gasteiger partial charge on any atom is 0.272 e. The smallest absolute Gasteiger partial charge is 0.272 e. The van der Waals surface area contributed by atoms with Gasteiger partial charge in [0.15, 0.2) is 0 Å². The number of aliphatic hydroxyl groups excluding tert-OH is 1. The minimum atomic E-state index is -0.0393. The number of nitrogens with zero attached hydrogens (tertiary/aromatic N) is 4. The predicted octanol–water partition coefficient (Wildman–Crippen LogP) is 0.931. The minimum absolute atomic E-state index is 0.00115. The molecule has 2 aliphatic heterocycles. The van der Waals surface area contributed by atoms with Gasteiger partial charge in [0, 0.05) is 38.3 Å². The third-order valence-corrected chi connectivity index (χ3v) is 5.41. The van der Waals surface area contributed by atoms with Crippen molar-refractivity contribution in [1.29, 1.82) is 0 Å². The number of aliphatic hydroxyl groups is 1. The van der Waals surface area contributed by atoms with Gasteiger partial charge in [0.1, 0.15) is 11.5 Å². The van der Waals surface area contributed by atoms with Crippen LogP contribution in [-0.4, -0.2) is 69.5 Å². The summed E-state index contributed by atoms with van der Waals surface area (Å²) in [5, 5.41) is 9.15. The molecule has 7 heteroatoms. The highest BCUT2D eigenvalue weighted by Crippen LogP contribution is 2.40. The first kappa shape index (κ1) is 17.8. The van der Waals surface area contributed by atoms with E-state index in [4.69, 9.17) is 5.11 Å². The van der Waals surface area contributed by atoms with Crippen LogP contribution in [0.1, 0.15) is 47.7 Å². The summed E-state index contributed by atoms with van der Waals surface area (Å²) in [5.41, 5.74) is 1.34. The van der Waals surface area contributed by atoms with E-state index in [-0.39, 0.29) is 23.8 Å². The summed E-state index contributed by atoms with van der Waals surface area (Å²) >= 11 is 0. The first-order chi connectivity index (χ1) is 11.9. The molecule has 25 heavy (non-hydrogen) atoms. The molecule has 0 saturated carbocycles. The van der Waals surface area contributed by atoms with Gasteiger partial charge in [-0.15, -0.1) is 0 Å². The van der Waals surface area contributed by atoms with Crippen molar-refractivity contribution in [3.8, 4) is 0 Å². The van der Waals surface area contributed by atoms with Crippen LogP contribution in [0.3, 0.4) is 0 Å². The van der Waals surface area contributed by atoms with Crippen molar-refractivity contribution < 1.29 is 14.7 Å². The van der Waals surface area contributed by atoms with Crippen molar-refractivity contribution in [2.75, 3.05) is 32.8 Å². The molecular weight excluding hydrogens is 320 g/mol. The normalized spacial score (nSPS) is 20.2. The van der Waals surface area contributed by atoms with Gasteiger partial charge in [0.25, 0.3) is 5.91 Å². The average Bonchev–Trinajstić information content (AvgIpc) is 2.58. The Kier molecular flexibility index (Phi) is 5.03. The standard InChI is InChI=1S/C18H26N4O3/c1-13-11-15(20-14(2)19-13)17(25)21-7-5-18(6-8-21)4-3-16(24)22(12-18)9-10-23/h11,23H,3-10,12H2,1-2H3. The zero-order valence-electron chi connectivity index (χ0n) is 15.0. The van der Waals surface area contributed by atoms with Crippen molar-refractivity contribution >= 4 is 11.8 Å². The zero-order chi connectivity index (χ0) is 18.0. The van der Waals surface area contributed by atoms with Crippen molar-refractivity contribution in [1.82, 2.24) is 19.8 Å². The fraction of sp³-hybridized carbons (Fsp3) is 0.667. The second kappa shape index (κ2) is 7.07. The quantitative estimate of drug-likeness (QED) is 0.880. The van der Waals surface area contributed by atoms with Gasteiger partial charge in [-0.05, 0) is 44.6 Å². The van der Waals surface area contributed by atoms with Gasteiger partial charge in [-0.1, -0.05) is 0 Å². The molecule has 0 aliphatic carbocycles. The minimum Gasteiger partial charge on any atom is -0.395 e. The number of piperidine rings is 2. The van der Waals surface area contributed by atoms with Crippen LogP contribution in [-0.2, 0) is 4.79 Å². The molecule has 0 radical (unpaired) electrons. The van der Waals surface area contributed by atoms with Gasteiger partial charge >= 0.3 is 0 Å². The second-order valence-electron chi connectivity index (χ2n) is 7.27. The molecule has 2 aliphatic rings. The monoisotopic (exact) mass is 346 g/mol. The van der Waals surface area contributed by atoms with Gasteiger partial charge in [-0.2, -0.15) is 0 Å². The number of β-amino-alcohol motifs (C(OH)–C–C–N with tert-alkyl or cyclic N) is 1. The SMILES string of the molecule is Cc1cc(C(=O)N2CCC3(CCC(=O)N(CCO)C3)CC2)nc(C)n1. The first-order valence-electron chi connectivity index (χ1n) is 8.93. The molecule has 1 aromatic rings. The van der Waals surface area contributed by atoms with E-state index >= 15 is 0 Å². The van der Waals surface area contributed by atoms with Crippen LogP contribution in [0.2, 0.25) is 0 Å². The lowest BCUT2D eigenvalue weighted by atomic mass is 9.72. The van der Waals surface area contributed by atoms with Crippen LogP contribution in [0.5, 0.6) is 0 Å². The Morgan fingerprint density at radius 2 is 1.96 bits per heavy atom. The number of carbonyl (C=O) groups is 2. The number of carbonyl (C=O) groups excluding carboxylic acids is 2. The molecule has 2 amide bonds. The van der Waals surface area contributed by atoms with Crippen LogP contribution >= 0.6 is 0 Å². The molecule has 136 valence electrons. The van der Waals surface area contributed by atoms with Gasteiger partial charge in [-0.3, -0.25) is 9.59 Å². The molecule has 3 rings (SSSR count). The number of aryl methyl sites for hydroxylation is 2. The number of amides is 2. The molecule has 0 bridgehead atoms. The van der Waals surface area contributed by atoms with Crippen LogP contribution in [0.25, 0.3) is 0 Å². The highest BCUT2D eigenvalue weighted by Gasteiger charge is 2.41. The van der Waals surface area contributed by atoms with Crippen molar-refractivity contribution in [3.63, 3.8) is 0 Å². The van der Waals surface area contributed by atoms with E-state index in [9.17, 15) is 9.59 Å². The molecule has 2 saturated heterocycles. The van der Waals surface area contributed by atoms with Gasteiger partial charge in [0.2, 0.25) is 5.91 Å². The molecule has 0 unspecified atom stereocenters. The van der Waals surface area contributed by atoms with Crippen LogP contribution in [0.15, 0.2) is 6.07 Å². The maximum atomic E-state index is 12.7. The molecule has 1 spiro atoms.